The van der Waals surface area contributed by atoms with Crippen molar-refractivity contribution >= 4 is 38.7 Å². The number of H-pyrrole nitrogens is 1. The van der Waals surface area contributed by atoms with E-state index in [1.807, 2.05) is 30.5 Å². The lowest BCUT2D eigenvalue weighted by Crippen LogP contribution is -2.03. The van der Waals surface area contributed by atoms with Crippen LogP contribution >= 0.6 is 0 Å². The molecule has 0 aliphatic heterocycles. The minimum Gasteiger partial charge on any atom is -0.494 e. The van der Waals surface area contributed by atoms with Crippen LogP contribution in [0.25, 0.3) is 32.8 Å². The predicted molar refractivity (Wildman–Crippen MR) is 157 cm³/mol. The predicted octanol–water partition coefficient (Wildman–Crippen LogP) is 6.61. The molecule has 39 heavy (non-hydrogen) atoms. The van der Waals surface area contributed by atoms with E-state index in [0.29, 0.717) is 18.4 Å². The van der Waals surface area contributed by atoms with Gasteiger partial charge in [-0.1, -0.05) is 61.9 Å². The van der Waals surface area contributed by atoms with Gasteiger partial charge in [0, 0.05) is 29.0 Å². The van der Waals surface area contributed by atoms with Gasteiger partial charge in [-0.3, -0.25) is 0 Å². The van der Waals surface area contributed by atoms with Crippen molar-refractivity contribution in [1.82, 2.24) is 19.9 Å². The number of hydrogen-bond acceptors (Lipinski definition) is 6. The van der Waals surface area contributed by atoms with Crippen LogP contribution in [0, 0.1) is 0 Å². The molecule has 0 spiro atoms. The summed E-state index contributed by atoms with van der Waals surface area (Å²) in [6, 6.07) is 23.6. The summed E-state index contributed by atoms with van der Waals surface area (Å²) in [5.41, 5.74) is 14.3. The fourth-order valence-electron chi connectivity index (χ4n) is 4.99. The number of anilines is 1. The number of aromatic amines is 1. The van der Waals surface area contributed by atoms with Gasteiger partial charge in [0.1, 0.15) is 22.3 Å². The minimum atomic E-state index is 0.332. The third-order valence-electron chi connectivity index (χ3n) is 7.11. The van der Waals surface area contributed by atoms with Crippen LogP contribution in [0.5, 0.6) is 11.8 Å². The number of nitrogens with two attached hydrogens (primary N) is 1. The first-order valence-corrected chi connectivity index (χ1v) is 13.3. The molecule has 0 aliphatic carbocycles. The number of unbranched alkanes of at least 4 members (excludes halogenated alkanes) is 1. The first-order valence-electron chi connectivity index (χ1n) is 13.3. The normalized spacial score (nSPS) is 11.4. The number of hydrogen-bond donors (Lipinski definition) is 2. The molecular weight excluding hydrogens is 486 g/mol. The van der Waals surface area contributed by atoms with Crippen LogP contribution in [0.3, 0.4) is 0 Å². The SMILES string of the molecule is CCCCOc1nc(N)c2[nH]cc(Cc3ccc(Cc4ccc(OC)c5nc6ccccc6cc45)cc3)c2n1. The lowest BCUT2D eigenvalue weighted by molar-refractivity contribution is 0.287. The number of para-hydroxylation sites is 1. The lowest BCUT2D eigenvalue weighted by atomic mass is 9.97. The van der Waals surface area contributed by atoms with E-state index in [1.165, 1.54) is 16.7 Å². The molecule has 3 heterocycles. The molecule has 3 aromatic carbocycles. The Morgan fingerprint density at radius 3 is 2.38 bits per heavy atom. The quantitative estimate of drug-likeness (QED) is 0.165. The van der Waals surface area contributed by atoms with E-state index in [-0.39, 0.29) is 0 Å². The molecule has 7 nitrogen and oxygen atoms in total. The van der Waals surface area contributed by atoms with Crippen LogP contribution in [-0.4, -0.2) is 33.7 Å². The summed E-state index contributed by atoms with van der Waals surface area (Å²) in [4.78, 5) is 17.1. The highest BCUT2D eigenvalue weighted by Gasteiger charge is 2.14. The van der Waals surface area contributed by atoms with Crippen molar-refractivity contribution < 1.29 is 9.47 Å². The van der Waals surface area contributed by atoms with Gasteiger partial charge in [0.2, 0.25) is 0 Å². The Balaban J connectivity index is 1.25. The smallest absolute Gasteiger partial charge is 0.319 e. The summed E-state index contributed by atoms with van der Waals surface area (Å²) in [7, 11) is 1.69. The van der Waals surface area contributed by atoms with Crippen molar-refractivity contribution in [3.8, 4) is 11.8 Å². The van der Waals surface area contributed by atoms with Crippen LogP contribution in [0.4, 0.5) is 5.82 Å². The van der Waals surface area contributed by atoms with Crippen molar-refractivity contribution in [3.05, 3.63) is 95.2 Å². The number of nitrogen functional groups attached to an aromatic ring is 1. The van der Waals surface area contributed by atoms with E-state index in [1.54, 1.807) is 7.11 Å². The van der Waals surface area contributed by atoms with Gasteiger partial charge in [-0.2, -0.15) is 9.97 Å². The Kier molecular flexibility index (Phi) is 6.71. The summed E-state index contributed by atoms with van der Waals surface area (Å²) in [5.74, 6) is 1.19. The molecule has 0 radical (unpaired) electrons. The van der Waals surface area contributed by atoms with Crippen LogP contribution in [0.15, 0.2) is 72.9 Å². The van der Waals surface area contributed by atoms with Crippen molar-refractivity contribution in [1.29, 1.82) is 0 Å². The second-order valence-corrected chi connectivity index (χ2v) is 9.81. The molecule has 0 amide bonds. The average Bonchev–Trinajstić information content (AvgIpc) is 3.36. The monoisotopic (exact) mass is 517 g/mol. The first-order chi connectivity index (χ1) is 19.1. The largest absolute Gasteiger partial charge is 0.494 e. The molecule has 6 rings (SSSR count). The summed E-state index contributed by atoms with van der Waals surface area (Å²) in [5, 5.41) is 2.24. The van der Waals surface area contributed by atoms with Crippen LogP contribution in [-0.2, 0) is 12.8 Å². The van der Waals surface area contributed by atoms with E-state index in [0.717, 1.165) is 69.8 Å². The fourth-order valence-corrected chi connectivity index (χ4v) is 4.99. The Hall–Kier alpha value is -4.65. The minimum absolute atomic E-state index is 0.332. The topological polar surface area (TPSA) is 98.9 Å². The van der Waals surface area contributed by atoms with Gasteiger partial charge in [-0.15, -0.1) is 0 Å². The lowest BCUT2D eigenvalue weighted by Gasteiger charge is -2.12. The second kappa shape index (κ2) is 10.6. The summed E-state index contributed by atoms with van der Waals surface area (Å²) >= 11 is 0. The molecule has 0 saturated carbocycles. The van der Waals surface area contributed by atoms with E-state index < -0.39 is 0 Å². The molecule has 0 saturated heterocycles. The second-order valence-electron chi connectivity index (χ2n) is 9.81. The number of pyridine rings is 1. The van der Waals surface area contributed by atoms with Crippen molar-refractivity contribution in [2.24, 2.45) is 0 Å². The van der Waals surface area contributed by atoms with E-state index in [2.05, 4.69) is 64.3 Å². The number of nitrogens with zero attached hydrogens (tertiary/aromatic N) is 3. The number of aromatic nitrogens is 4. The zero-order valence-electron chi connectivity index (χ0n) is 22.2. The van der Waals surface area contributed by atoms with Crippen LogP contribution < -0.4 is 15.2 Å². The van der Waals surface area contributed by atoms with E-state index in [9.17, 15) is 0 Å². The van der Waals surface area contributed by atoms with Crippen molar-refractivity contribution in [2.75, 3.05) is 19.5 Å². The fraction of sp³-hybridized carbons (Fsp3) is 0.219. The zero-order chi connectivity index (χ0) is 26.8. The molecule has 0 aliphatic rings. The highest BCUT2D eigenvalue weighted by Crippen LogP contribution is 2.31. The Bertz CT molecular complexity index is 1780. The number of ether oxygens (including phenoxy) is 2. The molecule has 0 fully saturated rings. The van der Waals surface area contributed by atoms with Gasteiger partial charge < -0.3 is 20.2 Å². The van der Waals surface area contributed by atoms with Gasteiger partial charge >= 0.3 is 6.01 Å². The summed E-state index contributed by atoms with van der Waals surface area (Å²) in [6.07, 6.45) is 5.49. The van der Waals surface area contributed by atoms with Gasteiger partial charge in [0.25, 0.3) is 0 Å². The number of benzene rings is 3. The average molecular weight is 518 g/mol. The summed E-state index contributed by atoms with van der Waals surface area (Å²) < 4.78 is 11.3. The number of nitrogens with one attached hydrogen (secondary N) is 1. The van der Waals surface area contributed by atoms with Crippen LogP contribution in [0.2, 0.25) is 0 Å². The van der Waals surface area contributed by atoms with Crippen LogP contribution in [0.1, 0.15) is 42.0 Å². The molecule has 3 aromatic heterocycles. The first kappa shape index (κ1) is 24.7. The number of rotatable bonds is 9. The van der Waals surface area contributed by atoms with E-state index >= 15 is 0 Å². The highest BCUT2D eigenvalue weighted by molar-refractivity contribution is 5.97. The number of methoxy groups -OCH3 is 1. The molecule has 196 valence electrons. The zero-order valence-corrected chi connectivity index (χ0v) is 22.2. The van der Waals surface area contributed by atoms with Gasteiger partial charge in [0.15, 0.2) is 5.82 Å². The van der Waals surface area contributed by atoms with Crippen molar-refractivity contribution in [3.63, 3.8) is 0 Å². The summed E-state index contributed by atoms with van der Waals surface area (Å²) in [6.45, 7) is 2.70. The molecular formula is C32H31N5O2. The third-order valence-corrected chi connectivity index (χ3v) is 7.11. The van der Waals surface area contributed by atoms with Gasteiger partial charge in [0.05, 0.1) is 19.2 Å². The maximum atomic E-state index is 6.17. The Morgan fingerprint density at radius 1 is 0.846 bits per heavy atom. The standard InChI is InChI=1S/C32H31N5O2/c1-3-4-15-39-32-36-28-24(19-34-30(28)31(33)37-32)17-21-11-9-20(10-12-21)16-22-13-14-27(38-2)29-25(22)18-23-7-5-6-8-26(23)35-29/h5-14,18-19,34H,3-4,15-17H2,1-2H3,(H2,33,36,37). The molecule has 7 heteroatoms. The highest BCUT2D eigenvalue weighted by atomic mass is 16.5. The van der Waals surface area contributed by atoms with E-state index in [4.69, 9.17) is 20.2 Å². The molecule has 0 unspecified atom stereocenters. The molecule has 0 bridgehead atoms. The molecule has 6 aromatic rings. The molecule has 3 N–H and O–H groups in total. The van der Waals surface area contributed by atoms with Crippen molar-refractivity contribution in [2.45, 2.75) is 32.6 Å². The van der Waals surface area contributed by atoms with Gasteiger partial charge in [-0.05, 0) is 47.7 Å². The Morgan fingerprint density at radius 2 is 1.62 bits per heavy atom. The number of fused-ring (bicyclic) bond motifs is 3. The maximum Gasteiger partial charge on any atom is 0.319 e. The maximum absolute atomic E-state index is 6.17. The Labute approximate surface area is 227 Å². The third kappa shape index (κ3) is 4.95. The van der Waals surface area contributed by atoms with Gasteiger partial charge in [-0.25, -0.2) is 4.98 Å². The molecule has 0 atom stereocenters.